The molecule has 0 N–H and O–H groups in total. The monoisotopic (exact) mass is 258 g/mol. The highest BCUT2D eigenvalue weighted by molar-refractivity contribution is 5.66. The van der Waals surface area contributed by atoms with E-state index in [2.05, 4.69) is 18.2 Å². The van der Waals surface area contributed by atoms with E-state index in [9.17, 15) is 4.79 Å². The molecular weight excluding hydrogens is 236 g/mol. The number of carbonyl (C=O) groups excluding carboxylic acids is 1. The summed E-state index contributed by atoms with van der Waals surface area (Å²) >= 11 is 0. The van der Waals surface area contributed by atoms with Crippen LogP contribution >= 0.6 is 0 Å². The van der Waals surface area contributed by atoms with E-state index in [0.29, 0.717) is 5.92 Å². The quantitative estimate of drug-likeness (QED) is 0.756. The van der Waals surface area contributed by atoms with Crippen LogP contribution in [0.5, 0.6) is 0 Å². The smallest absolute Gasteiger partial charge is 0.303 e. The van der Waals surface area contributed by atoms with Gasteiger partial charge >= 0.3 is 5.97 Å². The zero-order valence-corrected chi connectivity index (χ0v) is 11.5. The van der Waals surface area contributed by atoms with Gasteiger partial charge in [0, 0.05) is 6.92 Å². The summed E-state index contributed by atoms with van der Waals surface area (Å²) in [6, 6.07) is 10.1. The summed E-state index contributed by atoms with van der Waals surface area (Å²) in [5.41, 5.74) is 1.15. The molecular formula is C17H22O2. The lowest BCUT2D eigenvalue weighted by Gasteiger charge is -2.27. The molecule has 0 saturated heterocycles. The second-order valence-corrected chi connectivity index (χ2v) is 5.24. The molecule has 0 heterocycles. The molecule has 2 heteroatoms. The fraction of sp³-hybridized carbons (Fsp3) is 0.471. The molecule has 0 spiro atoms. The van der Waals surface area contributed by atoms with E-state index in [0.717, 1.165) is 18.4 Å². The van der Waals surface area contributed by atoms with Gasteiger partial charge in [-0.15, -0.1) is 0 Å². The van der Waals surface area contributed by atoms with Crippen LogP contribution in [0.4, 0.5) is 0 Å². The third-order valence-electron chi connectivity index (χ3n) is 3.69. The number of carbonyl (C=O) groups is 1. The topological polar surface area (TPSA) is 26.3 Å². The molecule has 0 aromatic heterocycles. The van der Waals surface area contributed by atoms with Crippen molar-refractivity contribution in [2.45, 2.75) is 45.1 Å². The molecule has 0 aliphatic heterocycles. The molecule has 19 heavy (non-hydrogen) atoms. The van der Waals surface area contributed by atoms with E-state index in [1.165, 1.54) is 26.2 Å². The molecule has 2 nitrogen and oxygen atoms in total. The normalized spacial score (nSPS) is 18.4. The molecule has 1 aromatic rings. The van der Waals surface area contributed by atoms with E-state index in [1.54, 1.807) is 0 Å². The summed E-state index contributed by atoms with van der Waals surface area (Å²) in [6.45, 7) is 1.49. The van der Waals surface area contributed by atoms with Crippen molar-refractivity contribution in [2.75, 3.05) is 0 Å². The first-order valence-electron chi connectivity index (χ1n) is 7.16. The summed E-state index contributed by atoms with van der Waals surface area (Å²) in [4.78, 5) is 11.3. The molecule has 102 valence electrons. The van der Waals surface area contributed by atoms with Crippen molar-refractivity contribution in [3.8, 4) is 0 Å². The minimum atomic E-state index is -0.187. The zero-order chi connectivity index (χ0) is 13.5. The average Bonchev–Trinajstić information content (AvgIpc) is 2.45. The lowest BCUT2D eigenvalue weighted by atomic mass is 9.85. The molecule has 1 aliphatic carbocycles. The van der Waals surface area contributed by atoms with Crippen molar-refractivity contribution in [3.05, 3.63) is 42.0 Å². The van der Waals surface area contributed by atoms with Crippen LogP contribution in [0, 0.1) is 5.92 Å². The Labute approximate surface area is 115 Å². The van der Waals surface area contributed by atoms with Crippen LogP contribution in [0.25, 0.3) is 6.08 Å². The van der Waals surface area contributed by atoms with Gasteiger partial charge in [0.05, 0.1) is 0 Å². The van der Waals surface area contributed by atoms with Gasteiger partial charge in [-0.05, 0) is 30.4 Å². The zero-order valence-electron chi connectivity index (χ0n) is 11.5. The van der Waals surface area contributed by atoms with Crippen molar-refractivity contribution in [2.24, 2.45) is 5.92 Å². The Balaban J connectivity index is 2.04. The Bertz CT molecular complexity index is 416. The number of ether oxygens (including phenoxy) is 1. The molecule has 1 saturated carbocycles. The standard InChI is InChI=1S/C17H22O2/c1-14(18)19-17(16-10-6-3-7-11-16)13-12-15-8-4-2-5-9-15/h2,4-5,8-9,12-13,16-17H,3,6-7,10-11H2,1H3/b13-12+. The molecule has 0 bridgehead atoms. The maximum atomic E-state index is 11.3. The van der Waals surface area contributed by atoms with Gasteiger partial charge in [-0.3, -0.25) is 4.79 Å². The highest BCUT2D eigenvalue weighted by Crippen LogP contribution is 2.29. The van der Waals surface area contributed by atoms with E-state index in [-0.39, 0.29) is 12.1 Å². The van der Waals surface area contributed by atoms with Crippen LogP contribution in [0.2, 0.25) is 0 Å². The highest BCUT2D eigenvalue weighted by Gasteiger charge is 2.23. The van der Waals surface area contributed by atoms with Crippen LogP contribution < -0.4 is 0 Å². The lowest BCUT2D eigenvalue weighted by Crippen LogP contribution is -2.26. The second-order valence-electron chi connectivity index (χ2n) is 5.24. The number of hydrogen-bond acceptors (Lipinski definition) is 2. The Morgan fingerprint density at radius 3 is 2.53 bits per heavy atom. The number of esters is 1. The van der Waals surface area contributed by atoms with Crippen molar-refractivity contribution >= 4 is 12.0 Å². The summed E-state index contributed by atoms with van der Waals surface area (Å²) in [5, 5.41) is 0. The predicted molar refractivity (Wildman–Crippen MR) is 77.6 cm³/mol. The highest BCUT2D eigenvalue weighted by atomic mass is 16.5. The van der Waals surface area contributed by atoms with Gasteiger partial charge in [0.15, 0.2) is 0 Å². The Morgan fingerprint density at radius 2 is 1.89 bits per heavy atom. The van der Waals surface area contributed by atoms with Gasteiger partial charge in [-0.2, -0.15) is 0 Å². The molecule has 0 radical (unpaired) electrons. The number of hydrogen-bond donors (Lipinski definition) is 0. The van der Waals surface area contributed by atoms with Crippen molar-refractivity contribution < 1.29 is 9.53 Å². The largest absolute Gasteiger partial charge is 0.458 e. The van der Waals surface area contributed by atoms with Crippen molar-refractivity contribution in [1.82, 2.24) is 0 Å². The predicted octanol–water partition coefficient (Wildman–Crippen LogP) is 4.21. The van der Waals surface area contributed by atoms with Crippen molar-refractivity contribution in [3.63, 3.8) is 0 Å². The van der Waals surface area contributed by atoms with Crippen LogP contribution in [0.3, 0.4) is 0 Å². The Kier molecular flexibility index (Phi) is 5.20. The molecule has 0 amide bonds. The first-order valence-corrected chi connectivity index (χ1v) is 7.16. The Hall–Kier alpha value is -1.57. The summed E-state index contributed by atoms with van der Waals surface area (Å²) in [7, 11) is 0. The molecule has 2 rings (SSSR count). The van der Waals surface area contributed by atoms with E-state index < -0.39 is 0 Å². The van der Waals surface area contributed by atoms with E-state index >= 15 is 0 Å². The van der Waals surface area contributed by atoms with E-state index in [4.69, 9.17) is 4.74 Å². The van der Waals surface area contributed by atoms with Crippen LogP contribution in [0.1, 0.15) is 44.6 Å². The van der Waals surface area contributed by atoms with Crippen LogP contribution in [-0.4, -0.2) is 12.1 Å². The van der Waals surface area contributed by atoms with Gasteiger partial charge < -0.3 is 4.74 Å². The van der Waals surface area contributed by atoms with E-state index in [1.807, 2.05) is 24.3 Å². The Morgan fingerprint density at radius 1 is 1.21 bits per heavy atom. The van der Waals surface area contributed by atoms with Crippen molar-refractivity contribution in [1.29, 1.82) is 0 Å². The third kappa shape index (κ3) is 4.55. The molecule has 1 unspecified atom stereocenters. The summed E-state index contributed by atoms with van der Waals surface area (Å²) < 4.78 is 5.49. The van der Waals surface area contributed by atoms with Gasteiger partial charge in [-0.25, -0.2) is 0 Å². The minimum absolute atomic E-state index is 0.0713. The average molecular weight is 258 g/mol. The fourth-order valence-electron chi connectivity index (χ4n) is 2.72. The molecule has 1 fully saturated rings. The summed E-state index contributed by atoms with van der Waals surface area (Å²) in [5.74, 6) is 0.297. The number of rotatable bonds is 4. The van der Waals surface area contributed by atoms with Crippen LogP contribution in [0.15, 0.2) is 36.4 Å². The van der Waals surface area contributed by atoms with Crippen LogP contribution in [-0.2, 0) is 9.53 Å². The van der Waals surface area contributed by atoms with Gasteiger partial charge in [0.1, 0.15) is 6.10 Å². The molecule has 1 atom stereocenters. The SMILES string of the molecule is CC(=O)OC(/C=C/c1ccccc1)C1CCCCC1. The third-order valence-corrected chi connectivity index (χ3v) is 3.69. The number of benzene rings is 1. The second kappa shape index (κ2) is 7.13. The summed E-state index contributed by atoms with van der Waals surface area (Å²) in [6.07, 6.45) is 10.2. The molecule has 1 aromatic carbocycles. The molecule has 1 aliphatic rings. The first-order chi connectivity index (χ1) is 9.25. The maximum absolute atomic E-state index is 11.3. The van der Waals surface area contributed by atoms with Gasteiger partial charge in [0.2, 0.25) is 0 Å². The fourth-order valence-corrected chi connectivity index (χ4v) is 2.72. The first kappa shape index (κ1) is 13.9. The van der Waals surface area contributed by atoms with Gasteiger partial charge in [0.25, 0.3) is 0 Å². The van der Waals surface area contributed by atoms with Gasteiger partial charge in [-0.1, -0.05) is 55.7 Å². The lowest BCUT2D eigenvalue weighted by molar-refractivity contribution is -0.146. The minimum Gasteiger partial charge on any atom is -0.458 e. The maximum Gasteiger partial charge on any atom is 0.303 e.